The molecular weight excluding hydrogens is 392 g/mol. The van der Waals surface area contributed by atoms with Gasteiger partial charge in [-0.25, -0.2) is 9.38 Å². The number of rotatable bonds is 3. The minimum Gasteiger partial charge on any atom is -0.318 e. The molecule has 3 heterocycles. The third-order valence-electron chi connectivity index (χ3n) is 4.84. The van der Waals surface area contributed by atoms with Crippen LogP contribution in [0.3, 0.4) is 0 Å². The highest BCUT2D eigenvalue weighted by atomic mass is 16.1. The zero-order valence-electron chi connectivity index (χ0n) is 16.1. The summed E-state index contributed by atoms with van der Waals surface area (Å²) in [6, 6.07) is 24.9. The first kappa shape index (κ1) is 18.3. The van der Waals surface area contributed by atoms with Crippen LogP contribution in [0.25, 0.3) is 34.2 Å². The summed E-state index contributed by atoms with van der Waals surface area (Å²) in [4.78, 5) is 32.6. The van der Waals surface area contributed by atoms with Gasteiger partial charge in [0.05, 0.1) is 17.1 Å². The monoisotopic (exact) mass is 406 g/mol. The molecule has 0 aliphatic rings. The number of hydrogen-bond acceptors (Lipinski definition) is 5. The Bertz CT molecular complexity index is 1570. The molecule has 8 heteroatoms. The van der Waals surface area contributed by atoms with E-state index in [2.05, 4.69) is 10.1 Å². The number of aromatic nitrogens is 5. The van der Waals surface area contributed by atoms with E-state index in [1.807, 2.05) is 66.7 Å². The second-order valence-corrected chi connectivity index (χ2v) is 6.78. The molecule has 0 unspecified atom stereocenters. The lowest BCUT2D eigenvalue weighted by Gasteiger charge is -2.04. The molecule has 3 aromatic heterocycles. The average Bonchev–Trinajstić information content (AvgIpc) is 3.20. The highest BCUT2D eigenvalue weighted by Crippen LogP contribution is 2.21. The van der Waals surface area contributed by atoms with Gasteiger partial charge in [0.25, 0.3) is 11.1 Å². The van der Waals surface area contributed by atoms with Crippen molar-refractivity contribution in [2.75, 3.05) is 0 Å². The summed E-state index contributed by atoms with van der Waals surface area (Å²) in [6.45, 7) is 0. The van der Waals surface area contributed by atoms with Crippen molar-refractivity contribution in [3.8, 4) is 34.5 Å². The van der Waals surface area contributed by atoms with E-state index in [0.29, 0.717) is 22.9 Å². The van der Waals surface area contributed by atoms with Gasteiger partial charge in [-0.2, -0.15) is 9.94 Å². The minimum atomic E-state index is -0.552. The summed E-state index contributed by atoms with van der Waals surface area (Å²) >= 11 is 0. The predicted molar refractivity (Wildman–Crippen MR) is 115 cm³/mol. The lowest BCUT2D eigenvalue weighted by atomic mass is 10.1. The van der Waals surface area contributed by atoms with Crippen LogP contribution in [0.15, 0.2) is 88.5 Å². The Morgan fingerprint density at radius 1 is 0.903 bits per heavy atom. The number of nitriles is 1. The number of para-hydroxylation sites is 1. The molecule has 8 nitrogen and oxygen atoms in total. The molecule has 31 heavy (non-hydrogen) atoms. The normalized spacial score (nSPS) is 10.8. The number of hydrogen-bond donors (Lipinski definition) is 1. The van der Waals surface area contributed by atoms with E-state index in [9.17, 15) is 9.59 Å². The average molecular weight is 406 g/mol. The third kappa shape index (κ3) is 3.10. The topological polar surface area (TPSA) is 109 Å². The molecule has 0 bridgehead atoms. The molecule has 148 valence electrons. The van der Waals surface area contributed by atoms with Gasteiger partial charge in [0, 0.05) is 11.6 Å². The number of nitrogens with one attached hydrogen (secondary N) is 1. The van der Waals surface area contributed by atoms with Crippen molar-refractivity contribution in [3.05, 3.63) is 105 Å². The second-order valence-electron chi connectivity index (χ2n) is 6.78. The summed E-state index contributed by atoms with van der Waals surface area (Å²) in [5.74, 6) is 0.523. The van der Waals surface area contributed by atoms with E-state index >= 15 is 0 Å². The van der Waals surface area contributed by atoms with Crippen molar-refractivity contribution in [2.24, 2.45) is 0 Å². The van der Waals surface area contributed by atoms with Crippen molar-refractivity contribution in [1.29, 1.82) is 5.26 Å². The van der Waals surface area contributed by atoms with Crippen LogP contribution in [0.5, 0.6) is 0 Å². The summed E-state index contributed by atoms with van der Waals surface area (Å²) < 4.78 is 2.90. The van der Waals surface area contributed by atoms with Crippen molar-refractivity contribution < 1.29 is 0 Å². The molecule has 5 aromatic rings. The van der Waals surface area contributed by atoms with Gasteiger partial charge in [-0.3, -0.25) is 9.59 Å². The van der Waals surface area contributed by atoms with Gasteiger partial charge in [0.2, 0.25) is 5.78 Å². The van der Waals surface area contributed by atoms with Crippen LogP contribution in [-0.2, 0) is 0 Å². The van der Waals surface area contributed by atoms with E-state index in [1.54, 1.807) is 10.7 Å². The molecular formula is C23H14N6O2. The highest BCUT2D eigenvalue weighted by molar-refractivity contribution is 5.63. The first-order valence-electron chi connectivity index (χ1n) is 9.43. The first-order chi connectivity index (χ1) is 15.2. The van der Waals surface area contributed by atoms with Crippen molar-refractivity contribution in [3.63, 3.8) is 0 Å². The summed E-state index contributed by atoms with van der Waals surface area (Å²) in [7, 11) is 0. The second kappa shape index (κ2) is 7.24. The molecule has 0 spiro atoms. The zero-order valence-corrected chi connectivity index (χ0v) is 16.1. The Hall–Kier alpha value is -4.77. The maximum atomic E-state index is 13.1. The van der Waals surface area contributed by atoms with Crippen LogP contribution in [0.4, 0.5) is 0 Å². The number of H-pyrrole nitrogens is 1. The zero-order chi connectivity index (χ0) is 21.4. The molecule has 1 N–H and O–H groups in total. The van der Waals surface area contributed by atoms with Crippen LogP contribution in [0, 0.1) is 11.3 Å². The van der Waals surface area contributed by atoms with Gasteiger partial charge in [-0.15, -0.1) is 5.10 Å². The summed E-state index contributed by atoms with van der Waals surface area (Å²) in [5.41, 5.74) is 1.42. The number of fused-ring (bicyclic) bond motifs is 1. The van der Waals surface area contributed by atoms with Gasteiger partial charge in [-0.1, -0.05) is 48.5 Å². The van der Waals surface area contributed by atoms with Crippen molar-refractivity contribution in [2.45, 2.75) is 0 Å². The maximum Gasteiger partial charge on any atom is 0.266 e. The Morgan fingerprint density at radius 2 is 1.61 bits per heavy atom. The van der Waals surface area contributed by atoms with Gasteiger partial charge in [0.1, 0.15) is 11.6 Å². The standard InChI is InChI=1S/C23H14N6O2/c24-14-16-11-12-18(25-22(16)31)21-27-29(17-9-5-2-6-10-17)23-26-19(13-20(30)28(21)23)15-7-3-1-4-8-15/h1-13H,(H,25,31). The lowest BCUT2D eigenvalue weighted by Crippen LogP contribution is -2.17. The van der Waals surface area contributed by atoms with E-state index in [-0.39, 0.29) is 16.9 Å². The Morgan fingerprint density at radius 3 is 2.29 bits per heavy atom. The van der Waals surface area contributed by atoms with E-state index < -0.39 is 5.56 Å². The lowest BCUT2D eigenvalue weighted by molar-refractivity contribution is 0.897. The smallest absolute Gasteiger partial charge is 0.266 e. The fourth-order valence-electron chi connectivity index (χ4n) is 3.36. The van der Waals surface area contributed by atoms with Crippen molar-refractivity contribution >= 4 is 5.78 Å². The third-order valence-corrected chi connectivity index (χ3v) is 4.84. The van der Waals surface area contributed by atoms with Crippen LogP contribution in [0.1, 0.15) is 5.56 Å². The molecule has 0 fully saturated rings. The SMILES string of the molecule is N#Cc1ccc(-c2nn(-c3ccccc3)c3nc(-c4ccccc4)cc(=O)n23)[nH]c1=O. The molecule has 0 radical (unpaired) electrons. The van der Waals surface area contributed by atoms with Gasteiger partial charge in [0.15, 0.2) is 5.82 Å². The fraction of sp³-hybridized carbons (Fsp3) is 0. The molecule has 0 atom stereocenters. The Labute approximate surface area is 175 Å². The summed E-state index contributed by atoms with van der Waals surface area (Å²) in [5, 5.41) is 13.6. The van der Waals surface area contributed by atoms with E-state index in [1.165, 1.54) is 16.5 Å². The fourth-order valence-corrected chi connectivity index (χ4v) is 3.36. The highest BCUT2D eigenvalue weighted by Gasteiger charge is 2.19. The van der Waals surface area contributed by atoms with Gasteiger partial charge in [-0.05, 0) is 24.3 Å². The molecule has 0 aliphatic heterocycles. The number of pyridine rings is 1. The maximum absolute atomic E-state index is 13.1. The van der Waals surface area contributed by atoms with Crippen LogP contribution in [0.2, 0.25) is 0 Å². The number of nitrogens with zero attached hydrogens (tertiary/aromatic N) is 5. The molecule has 0 aliphatic carbocycles. The molecule has 0 saturated heterocycles. The van der Waals surface area contributed by atoms with Crippen LogP contribution in [-0.4, -0.2) is 24.1 Å². The number of aromatic amines is 1. The van der Waals surface area contributed by atoms with Crippen molar-refractivity contribution in [1.82, 2.24) is 24.1 Å². The predicted octanol–water partition coefficient (Wildman–Crippen LogP) is 2.77. The van der Waals surface area contributed by atoms with Crippen LogP contribution < -0.4 is 11.1 Å². The largest absolute Gasteiger partial charge is 0.318 e. The molecule has 5 rings (SSSR count). The van der Waals surface area contributed by atoms with E-state index in [0.717, 1.165) is 5.56 Å². The van der Waals surface area contributed by atoms with Crippen LogP contribution >= 0.6 is 0 Å². The quantitative estimate of drug-likeness (QED) is 0.496. The van der Waals surface area contributed by atoms with Gasteiger partial charge < -0.3 is 4.98 Å². The van der Waals surface area contributed by atoms with E-state index in [4.69, 9.17) is 10.2 Å². The number of benzene rings is 2. The molecule has 2 aromatic carbocycles. The minimum absolute atomic E-state index is 0.0209. The summed E-state index contributed by atoms with van der Waals surface area (Å²) in [6.07, 6.45) is 0. The Balaban J connectivity index is 1.84. The molecule has 0 saturated carbocycles. The molecule has 0 amide bonds. The Kier molecular flexibility index (Phi) is 4.27. The van der Waals surface area contributed by atoms with Gasteiger partial charge >= 0.3 is 0 Å². The first-order valence-corrected chi connectivity index (χ1v) is 9.43.